The molecular formula is C10H11N2. The van der Waals surface area contributed by atoms with Crippen molar-refractivity contribution < 1.29 is 0 Å². The first-order chi connectivity index (χ1) is 5.83. The van der Waals surface area contributed by atoms with Crippen LogP contribution in [0.2, 0.25) is 0 Å². The number of rotatable bonds is 1. The van der Waals surface area contributed by atoms with E-state index in [0.717, 1.165) is 17.0 Å². The van der Waals surface area contributed by atoms with Gasteiger partial charge in [0.2, 0.25) is 0 Å². The Kier molecular flexibility index (Phi) is 1.65. The second-order valence-corrected chi connectivity index (χ2v) is 3.19. The molecule has 2 aliphatic rings. The van der Waals surface area contributed by atoms with E-state index in [-0.39, 0.29) is 0 Å². The molecule has 1 aliphatic heterocycles. The molecule has 0 aromatic rings. The fraction of sp³-hybridized carbons (Fsp3) is 0.500. The summed E-state index contributed by atoms with van der Waals surface area (Å²) in [5.41, 5.74) is 7.22. The van der Waals surface area contributed by atoms with E-state index >= 15 is 0 Å². The van der Waals surface area contributed by atoms with Crippen LogP contribution in [-0.4, -0.2) is 5.71 Å². The van der Waals surface area contributed by atoms with E-state index in [0.29, 0.717) is 5.92 Å². The molecule has 61 valence electrons. The van der Waals surface area contributed by atoms with Crippen LogP contribution in [0.25, 0.3) is 0 Å². The Morgan fingerprint density at radius 2 is 2.17 bits per heavy atom. The zero-order chi connectivity index (χ0) is 8.55. The van der Waals surface area contributed by atoms with Crippen molar-refractivity contribution in [1.29, 1.82) is 0 Å². The van der Waals surface area contributed by atoms with Crippen molar-refractivity contribution in [3.8, 4) is 11.8 Å². The van der Waals surface area contributed by atoms with Gasteiger partial charge in [-0.25, -0.2) is 0 Å². The summed E-state index contributed by atoms with van der Waals surface area (Å²) in [6, 6.07) is 0. The van der Waals surface area contributed by atoms with Gasteiger partial charge in [-0.2, -0.15) is 10.5 Å². The monoisotopic (exact) mass is 159 g/mol. The number of hydrogen-bond acceptors (Lipinski definition) is 1. The average molecular weight is 159 g/mol. The summed E-state index contributed by atoms with van der Waals surface area (Å²) in [5.74, 6) is 6.63. The fourth-order valence-electron chi connectivity index (χ4n) is 1.34. The van der Waals surface area contributed by atoms with Crippen molar-refractivity contribution in [3.63, 3.8) is 0 Å². The first kappa shape index (κ1) is 7.42. The molecule has 0 saturated heterocycles. The Bertz CT molecular complexity index is 321. The summed E-state index contributed by atoms with van der Waals surface area (Å²) >= 11 is 0. The Balaban J connectivity index is 2.28. The summed E-state index contributed by atoms with van der Waals surface area (Å²) in [6.45, 7) is 3.82. The van der Waals surface area contributed by atoms with Gasteiger partial charge in [0.15, 0.2) is 0 Å². The Hall–Kier alpha value is -1.23. The van der Waals surface area contributed by atoms with Gasteiger partial charge in [-0.1, -0.05) is 5.92 Å². The molecule has 0 spiro atoms. The summed E-state index contributed by atoms with van der Waals surface area (Å²) in [4.78, 5) is 0. The second-order valence-electron chi connectivity index (χ2n) is 3.19. The smallest absolute Gasteiger partial charge is 0.0836 e. The van der Waals surface area contributed by atoms with Crippen molar-refractivity contribution in [2.75, 3.05) is 0 Å². The van der Waals surface area contributed by atoms with Crippen LogP contribution < -0.4 is 5.43 Å². The van der Waals surface area contributed by atoms with Crippen LogP contribution in [0.4, 0.5) is 0 Å². The minimum atomic E-state index is 0.655. The highest BCUT2D eigenvalue weighted by Gasteiger charge is 2.33. The predicted molar refractivity (Wildman–Crippen MR) is 48.4 cm³/mol. The molecule has 2 nitrogen and oxygen atoms in total. The van der Waals surface area contributed by atoms with Crippen molar-refractivity contribution in [2.24, 2.45) is 11.0 Å². The van der Waals surface area contributed by atoms with Gasteiger partial charge in [0.1, 0.15) is 0 Å². The van der Waals surface area contributed by atoms with Gasteiger partial charge in [0.25, 0.3) is 0 Å². The molecule has 0 aromatic heterocycles. The van der Waals surface area contributed by atoms with E-state index in [1.807, 2.05) is 13.8 Å². The van der Waals surface area contributed by atoms with Gasteiger partial charge < -0.3 is 0 Å². The van der Waals surface area contributed by atoms with Gasteiger partial charge in [-0.15, -0.1) is 5.92 Å². The van der Waals surface area contributed by atoms with Crippen molar-refractivity contribution in [3.05, 3.63) is 11.3 Å². The Labute approximate surface area is 72.7 Å². The van der Waals surface area contributed by atoms with Gasteiger partial charge in [-0.05, 0) is 26.7 Å². The number of nitrogens with zero attached hydrogens (tertiary/aromatic N) is 2. The molecule has 1 saturated carbocycles. The molecule has 0 unspecified atom stereocenters. The van der Waals surface area contributed by atoms with Crippen LogP contribution in [0.5, 0.6) is 0 Å². The lowest BCUT2D eigenvalue weighted by molar-refractivity contribution is 0.887. The molecule has 1 heterocycles. The Morgan fingerprint density at radius 3 is 2.75 bits per heavy atom. The molecule has 1 fully saturated rings. The van der Waals surface area contributed by atoms with Crippen LogP contribution in [0.1, 0.15) is 26.7 Å². The highest BCUT2D eigenvalue weighted by Crippen LogP contribution is 2.35. The quantitative estimate of drug-likeness (QED) is 0.520. The van der Waals surface area contributed by atoms with Crippen LogP contribution in [0.3, 0.4) is 0 Å². The van der Waals surface area contributed by atoms with E-state index in [1.54, 1.807) is 0 Å². The zero-order valence-electron chi connectivity index (χ0n) is 7.39. The summed E-state index contributed by atoms with van der Waals surface area (Å²) in [5, 5.41) is 4.14. The van der Waals surface area contributed by atoms with E-state index in [9.17, 15) is 0 Å². The molecule has 0 amide bonds. The molecule has 0 aromatic carbocycles. The van der Waals surface area contributed by atoms with Crippen molar-refractivity contribution in [2.45, 2.75) is 26.7 Å². The molecule has 0 atom stereocenters. The fourth-order valence-corrected chi connectivity index (χ4v) is 1.34. The van der Waals surface area contributed by atoms with Crippen molar-refractivity contribution >= 4 is 5.71 Å². The standard InChI is InChI=1S/C10H11N2/c1-3-4-9-7(2)11-12-10(9)8-5-6-8/h8H,5-6H2,1-2H3. The largest absolute Gasteiger partial charge is 0.154 e. The lowest BCUT2D eigenvalue weighted by Gasteiger charge is -1.94. The highest BCUT2D eigenvalue weighted by molar-refractivity contribution is 6.08. The molecule has 1 radical (unpaired) electrons. The third-order valence-electron chi connectivity index (χ3n) is 2.14. The topological polar surface area (TPSA) is 26.5 Å². The average Bonchev–Trinajstić information content (AvgIpc) is 2.82. The third-order valence-corrected chi connectivity index (χ3v) is 2.14. The minimum absolute atomic E-state index is 0.655. The lowest BCUT2D eigenvalue weighted by atomic mass is 10.1. The van der Waals surface area contributed by atoms with Crippen LogP contribution in [-0.2, 0) is 0 Å². The SMILES string of the molecule is CC#CC1=C(C)[N]N=C1C1CC1. The maximum Gasteiger partial charge on any atom is 0.0836 e. The first-order valence-electron chi connectivity index (χ1n) is 4.25. The normalized spacial score (nSPS) is 21.3. The molecule has 2 rings (SSSR count). The second kappa shape index (κ2) is 2.67. The third kappa shape index (κ3) is 1.12. The zero-order valence-corrected chi connectivity index (χ0v) is 7.39. The molecule has 0 N–H and O–H groups in total. The first-order valence-corrected chi connectivity index (χ1v) is 4.25. The van der Waals surface area contributed by atoms with Gasteiger partial charge in [-0.3, -0.25) is 0 Å². The summed E-state index contributed by atoms with van der Waals surface area (Å²) < 4.78 is 0. The minimum Gasteiger partial charge on any atom is -0.154 e. The van der Waals surface area contributed by atoms with Gasteiger partial charge in [0, 0.05) is 5.92 Å². The van der Waals surface area contributed by atoms with Crippen LogP contribution in [0.15, 0.2) is 16.4 Å². The van der Waals surface area contributed by atoms with E-state index in [4.69, 9.17) is 0 Å². The van der Waals surface area contributed by atoms with E-state index in [1.165, 1.54) is 12.8 Å². The van der Waals surface area contributed by atoms with Gasteiger partial charge in [0.05, 0.1) is 17.0 Å². The van der Waals surface area contributed by atoms with E-state index in [2.05, 4.69) is 22.4 Å². The molecule has 2 heteroatoms. The maximum absolute atomic E-state index is 4.14. The molecule has 1 aliphatic carbocycles. The van der Waals surface area contributed by atoms with E-state index < -0.39 is 0 Å². The maximum atomic E-state index is 4.14. The van der Waals surface area contributed by atoms with Crippen LogP contribution >= 0.6 is 0 Å². The van der Waals surface area contributed by atoms with Crippen molar-refractivity contribution in [1.82, 2.24) is 5.43 Å². The number of allylic oxidation sites excluding steroid dienone is 2. The summed E-state index contributed by atoms with van der Waals surface area (Å²) in [6.07, 6.45) is 2.52. The molecule has 0 bridgehead atoms. The lowest BCUT2D eigenvalue weighted by Crippen LogP contribution is -2.00. The van der Waals surface area contributed by atoms with Crippen LogP contribution in [0, 0.1) is 17.8 Å². The predicted octanol–water partition coefficient (Wildman–Crippen LogP) is 1.67. The Morgan fingerprint density at radius 1 is 1.42 bits per heavy atom. The highest BCUT2D eigenvalue weighted by atomic mass is 15.3. The molecule has 12 heavy (non-hydrogen) atoms. The van der Waals surface area contributed by atoms with Gasteiger partial charge >= 0.3 is 0 Å². The molecular weight excluding hydrogens is 148 g/mol. The summed E-state index contributed by atoms with van der Waals surface area (Å²) in [7, 11) is 0. The number of hydrogen-bond donors (Lipinski definition) is 0.